The third-order valence-electron chi connectivity index (χ3n) is 4.61. The molecular weight excluding hydrogens is 392 g/mol. The van der Waals surface area contributed by atoms with Crippen LogP contribution in [0.4, 0.5) is 0 Å². The zero-order valence-corrected chi connectivity index (χ0v) is 18.1. The third kappa shape index (κ3) is 3.78. The molecule has 0 amide bonds. The zero-order chi connectivity index (χ0) is 21.0. The maximum Gasteiger partial charge on any atom is 0.203 e. The van der Waals surface area contributed by atoms with Crippen molar-refractivity contribution in [2.75, 3.05) is 42.7 Å². The quantitative estimate of drug-likeness (QED) is 0.507. The highest BCUT2D eigenvalue weighted by molar-refractivity contribution is 7.08. The van der Waals surface area contributed by atoms with Crippen LogP contribution >= 0.6 is 11.3 Å². The second-order valence-electron chi connectivity index (χ2n) is 6.03. The van der Waals surface area contributed by atoms with E-state index in [9.17, 15) is 0 Å². The van der Waals surface area contributed by atoms with E-state index in [2.05, 4.69) is 10.8 Å². The molecule has 154 valence electrons. The summed E-state index contributed by atoms with van der Waals surface area (Å²) in [6.07, 6.45) is 0. The van der Waals surface area contributed by atoms with Gasteiger partial charge in [-0.3, -0.25) is 0 Å². The molecule has 7 heteroatoms. The lowest BCUT2D eigenvalue weighted by Crippen LogP contribution is -1.96. The molecule has 0 saturated heterocycles. The van der Waals surface area contributed by atoms with Crippen LogP contribution in [0.15, 0.2) is 35.0 Å². The summed E-state index contributed by atoms with van der Waals surface area (Å²) in [5.74, 6) is 3.52. The summed E-state index contributed by atoms with van der Waals surface area (Å²) in [5, 5.41) is 4.17. The first-order chi connectivity index (χ1) is 14.1. The molecule has 0 fully saturated rings. The van der Waals surface area contributed by atoms with Crippen LogP contribution in [0, 0.1) is 0 Å². The van der Waals surface area contributed by atoms with Crippen molar-refractivity contribution >= 4 is 11.3 Å². The molecule has 0 atom stereocenters. The summed E-state index contributed by atoms with van der Waals surface area (Å²) < 4.78 is 32.9. The van der Waals surface area contributed by atoms with E-state index in [0.29, 0.717) is 34.5 Å². The lowest BCUT2D eigenvalue weighted by atomic mass is 9.97. The van der Waals surface area contributed by atoms with Crippen molar-refractivity contribution in [3.05, 3.63) is 35.0 Å². The fourth-order valence-corrected chi connectivity index (χ4v) is 4.08. The van der Waals surface area contributed by atoms with Gasteiger partial charge >= 0.3 is 0 Å². The monoisotopic (exact) mass is 416 g/mol. The molecule has 0 saturated carbocycles. The smallest absolute Gasteiger partial charge is 0.203 e. The van der Waals surface area contributed by atoms with Crippen LogP contribution in [-0.4, -0.2) is 42.7 Å². The topological polar surface area (TPSA) is 55.4 Å². The number of ether oxygens (including phenoxy) is 6. The van der Waals surface area contributed by atoms with Gasteiger partial charge in [-0.15, -0.1) is 0 Å². The van der Waals surface area contributed by atoms with Crippen LogP contribution in [0.2, 0.25) is 0 Å². The summed E-state index contributed by atoms with van der Waals surface area (Å²) in [4.78, 5) is 0. The summed E-state index contributed by atoms with van der Waals surface area (Å²) >= 11 is 1.60. The molecular formula is C22H24O6S. The highest BCUT2D eigenvalue weighted by atomic mass is 32.1. The largest absolute Gasteiger partial charge is 0.493 e. The van der Waals surface area contributed by atoms with Gasteiger partial charge in [-0.25, -0.2) is 0 Å². The van der Waals surface area contributed by atoms with Crippen molar-refractivity contribution in [3.63, 3.8) is 0 Å². The molecule has 0 N–H and O–H groups in total. The Balaban J connectivity index is 2.19. The second-order valence-corrected chi connectivity index (χ2v) is 6.77. The standard InChI is InChI=1S/C22H24O6S/c1-23-17-7-13(8-18(24-2)21(17)27-5)15-11-29-12-16(15)14-9-19(25-3)22(28-6)20(10-14)26-4/h7-12H,1-6H3. The number of methoxy groups -OCH3 is 6. The van der Waals surface area contributed by atoms with Crippen molar-refractivity contribution in [2.45, 2.75) is 0 Å². The van der Waals surface area contributed by atoms with Gasteiger partial charge in [0, 0.05) is 11.1 Å². The van der Waals surface area contributed by atoms with Crippen molar-refractivity contribution in [1.82, 2.24) is 0 Å². The van der Waals surface area contributed by atoms with Gasteiger partial charge in [-0.1, -0.05) is 0 Å². The molecule has 0 spiro atoms. The lowest BCUT2D eigenvalue weighted by molar-refractivity contribution is 0.324. The summed E-state index contributed by atoms with van der Waals surface area (Å²) in [6, 6.07) is 7.74. The van der Waals surface area contributed by atoms with Crippen LogP contribution in [0.3, 0.4) is 0 Å². The average molecular weight is 416 g/mol. The van der Waals surface area contributed by atoms with Crippen LogP contribution in [0.5, 0.6) is 34.5 Å². The van der Waals surface area contributed by atoms with E-state index in [0.717, 1.165) is 22.3 Å². The summed E-state index contributed by atoms with van der Waals surface area (Å²) in [5.41, 5.74) is 3.96. The maximum atomic E-state index is 5.51. The molecule has 0 bridgehead atoms. The van der Waals surface area contributed by atoms with Gasteiger partial charge in [-0.05, 0) is 46.2 Å². The van der Waals surface area contributed by atoms with E-state index in [4.69, 9.17) is 28.4 Å². The lowest BCUT2D eigenvalue weighted by Gasteiger charge is -2.16. The first-order valence-corrected chi connectivity index (χ1v) is 9.73. The molecule has 0 aliphatic rings. The van der Waals surface area contributed by atoms with Crippen LogP contribution in [0.1, 0.15) is 0 Å². The first kappa shape index (κ1) is 20.7. The molecule has 0 unspecified atom stereocenters. The Bertz CT molecular complexity index is 867. The Kier molecular flexibility index (Phi) is 6.39. The summed E-state index contributed by atoms with van der Waals surface area (Å²) in [7, 11) is 9.60. The molecule has 2 aromatic carbocycles. The molecule has 29 heavy (non-hydrogen) atoms. The average Bonchev–Trinajstić information content (AvgIpc) is 3.26. The van der Waals surface area contributed by atoms with Crippen LogP contribution < -0.4 is 28.4 Å². The molecule has 1 aromatic heterocycles. The van der Waals surface area contributed by atoms with Gasteiger partial charge in [0.15, 0.2) is 23.0 Å². The van der Waals surface area contributed by atoms with E-state index in [1.165, 1.54) is 0 Å². The van der Waals surface area contributed by atoms with Gasteiger partial charge in [0.05, 0.1) is 42.7 Å². The Morgan fingerprint density at radius 3 is 1.03 bits per heavy atom. The highest BCUT2D eigenvalue weighted by Gasteiger charge is 2.19. The summed E-state index contributed by atoms with van der Waals surface area (Å²) in [6.45, 7) is 0. The second kappa shape index (κ2) is 8.96. The fraction of sp³-hybridized carbons (Fsp3) is 0.273. The van der Waals surface area contributed by atoms with E-state index < -0.39 is 0 Å². The van der Waals surface area contributed by atoms with Gasteiger partial charge in [-0.2, -0.15) is 11.3 Å². The van der Waals surface area contributed by atoms with Gasteiger partial charge in [0.1, 0.15) is 0 Å². The number of hydrogen-bond donors (Lipinski definition) is 0. The third-order valence-corrected chi connectivity index (χ3v) is 5.36. The highest BCUT2D eigenvalue weighted by Crippen LogP contribution is 2.47. The minimum Gasteiger partial charge on any atom is -0.493 e. The minimum atomic E-state index is 0.559. The van der Waals surface area contributed by atoms with Crippen LogP contribution in [0.25, 0.3) is 22.3 Å². The van der Waals surface area contributed by atoms with Gasteiger partial charge in [0.25, 0.3) is 0 Å². The Labute approximate surface area is 174 Å². The van der Waals surface area contributed by atoms with E-state index >= 15 is 0 Å². The maximum absolute atomic E-state index is 5.51. The Morgan fingerprint density at radius 1 is 0.483 bits per heavy atom. The van der Waals surface area contributed by atoms with Crippen molar-refractivity contribution in [3.8, 4) is 56.8 Å². The van der Waals surface area contributed by atoms with Gasteiger partial charge < -0.3 is 28.4 Å². The van der Waals surface area contributed by atoms with Gasteiger partial charge in [0.2, 0.25) is 11.5 Å². The number of benzene rings is 2. The minimum absolute atomic E-state index is 0.559. The number of hydrogen-bond acceptors (Lipinski definition) is 7. The fourth-order valence-electron chi connectivity index (χ4n) is 3.22. The van der Waals surface area contributed by atoms with Crippen LogP contribution in [-0.2, 0) is 0 Å². The van der Waals surface area contributed by atoms with Crippen molar-refractivity contribution in [2.24, 2.45) is 0 Å². The van der Waals surface area contributed by atoms with E-state index in [-0.39, 0.29) is 0 Å². The molecule has 1 heterocycles. The van der Waals surface area contributed by atoms with E-state index in [1.807, 2.05) is 24.3 Å². The number of thiophene rings is 1. The molecule has 3 rings (SSSR count). The predicted molar refractivity (Wildman–Crippen MR) is 115 cm³/mol. The molecule has 0 aliphatic heterocycles. The molecule has 0 aliphatic carbocycles. The molecule has 3 aromatic rings. The van der Waals surface area contributed by atoms with E-state index in [1.54, 1.807) is 54.0 Å². The number of rotatable bonds is 8. The van der Waals surface area contributed by atoms with Crippen molar-refractivity contribution < 1.29 is 28.4 Å². The Hall–Kier alpha value is -3.06. The normalized spacial score (nSPS) is 10.4. The first-order valence-electron chi connectivity index (χ1n) is 8.78. The SMILES string of the molecule is COc1cc(-c2cscc2-c2cc(OC)c(OC)c(OC)c2)cc(OC)c1OC. The molecule has 0 radical (unpaired) electrons. The van der Waals surface area contributed by atoms with Crippen molar-refractivity contribution in [1.29, 1.82) is 0 Å². The zero-order valence-electron chi connectivity index (χ0n) is 17.3. The predicted octanol–water partition coefficient (Wildman–Crippen LogP) is 5.13. The Morgan fingerprint density at radius 2 is 0.793 bits per heavy atom. The molecule has 6 nitrogen and oxygen atoms in total.